The van der Waals surface area contributed by atoms with Crippen LogP contribution < -0.4 is 5.32 Å². The van der Waals surface area contributed by atoms with Crippen LogP contribution in [-0.2, 0) is 13.0 Å². The Labute approximate surface area is 106 Å². The van der Waals surface area contributed by atoms with Crippen molar-refractivity contribution in [3.8, 4) is 0 Å². The van der Waals surface area contributed by atoms with Crippen LogP contribution in [0.25, 0.3) is 0 Å². The van der Waals surface area contributed by atoms with Crippen LogP contribution in [0.3, 0.4) is 0 Å². The lowest BCUT2D eigenvalue weighted by Crippen LogP contribution is -2.13. The number of nitrogens with zero attached hydrogens (tertiary/aromatic N) is 2. The Kier molecular flexibility index (Phi) is 4.64. The summed E-state index contributed by atoms with van der Waals surface area (Å²) in [6, 6.07) is 4.08. The summed E-state index contributed by atoms with van der Waals surface area (Å²) >= 11 is 1.73. The van der Waals surface area contributed by atoms with Gasteiger partial charge in [-0.05, 0) is 30.7 Å². The SMILES string of the molecule is CCCNCc1csc(Cc2ccncc2)n1. The van der Waals surface area contributed by atoms with Gasteiger partial charge in [-0.1, -0.05) is 6.92 Å². The highest BCUT2D eigenvalue weighted by atomic mass is 32.1. The van der Waals surface area contributed by atoms with Gasteiger partial charge in [0.25, 0.3) is 0 Å². The van der Waals surface area contributed by atoms with E-state index < -0.39 is 0 Å². The fourth-order valence-electron chi connectivity index (χ4n) is 1.58. The standard InChI is InChI=1S/C13H17N3S/c1-2-5-15-9-12-10-17-13(16-12)8-11-3-6-14-7-4-11/h3-4,6-7,10,15H,2,5,8-9H2,1H3. The van der Waals surface area contributed by atoms with Crippen molar-refractivity contribution in [3.05, 3.63) is 46.2 Å². The van der Waals surface area contributed by atoms with Gasteiger partial charge in [-0.2, -0.15) is 0 Å². The Bertz CT molecular complexity index is 439. The molecule has 17 heavy (non-hydrogen) atoms. The predicted octanol–water partition coefficient (Wildman–Crippen LogP) is 2.63. The first-order valence-corrected chi connectivity index (χ1v) is 6.79. The van der Waals surface area contributed by atoms with Crippen molar-refractivity contribution in [1.82, 2.24) is 15.3 Å². The first kappa shape index (κ1) is 12.2. The van der Waals surface area contributed by atoms with Crippen molar-refractivity contribution in [1.29, 1.82) is 0 Å². The molecule has 3 nitrogen and oxygen atoms in total. The zero-order valence-corrected chi connectivity index (χ0v) is 10.8. The van der Waals surface area contributed by atoms with E-state index >= 15 is 0 Å². The Morgan fingerprint density at radius 1 is 1.29 bits per heavy atom. The number of pyridine rings is 1. The molecule has 90 valence electrons. The molecule has 1 N–H and O–H groups in total. The van der Waals surface area contributed by atoms with Crippen LogP contribution in [0.2, 0.25) is 0 Å². The van der Waals surface area contributed by atoms with Gasteiger partial charge in [0.2, 0.25) is 0 Å². The minimum atomic E-state index is 0.876. The van der Waals surface area contributed by atoms with E-state index in [0.29, 0.717) is 0 Å². The average molecular weight is 247 g/mol. The fraction of sp³-hybridized carbons (Fsp3) is 0.385. The molecule has 0 radical (unpaired) electrons. The summed E-state index contributed by atoms with van der Waals surface area (Å²) in [5.41, 5.74) is 2.41. The second-order valence-corrected chi connectivity index (χ2v) is 4.88. The summed E-state index contributed by atoms with van der Waals surface area (Å²) in [4.78, 5) is 8.63. The fourth-order valence-corrected chi connectivity index (χ4v) is 2.41. The Hall–Kier alpha value is -1.26. The molecule has 0 atom stereocenters. The van der Waals surface area contributed by atoms with Crippen molar-refractivity contribution >= 4 is 11.3 Å². The van der Waals surface area contributed by atoms with Gasteiger partial charge in [0.1, 0.15) is 0 Å². The van der Waals surface area contributed by atoms with Crippen LogP contribution in [-0.4, -0.2) is 16.5 Å². The molecule has 4 heteroatoms. The number of aromatic nitrogens is 2. The zero-order chi connectivity index (χ0) is 11.9. The van der Waals surface area contributed by atoms with E-state index in [-0.39, 0.29) is 0 Å². The van der Waals surface area contributed by atoms with Crippen molar-refractivity contribution < 1.29 is 0 Å². The van der Waals surface area contributed by atoms with Crippen LogP contribution in [0.15, 0.2) is 29.9 Å². The molecule has 0 aliphatic carbocycles. The quantitative estimate of drug-likeness (QED) is 0.797. The van der Waals surface area contributed by atoms with Crippen LogP contribution >= 0.6 is 11.3 Å². The van der Waals surface area contributed by atoms with E-state index in [1.54, 1.807) is 11.3 Å². The summed E-state index contributed by atoms with van der Waals surface area (Å²) in [5.74, 6) is 0. The first-order chi connectivity index (χ1) is 8.38. The number of hydrogen-bond acceptors (Lipinski definition) is 4. The van der Waals surface area contributed by atoms with Gasteiger partial charge >= 0.3 is 0 Å². The van der Waals surface area contributed by atoms with E-state index in [1.165, 1.54) is 10.6 Å². The third kappa shape index (κ3) is 3.91. The van der Waals surface area contributed by atoms with Gasteiger partial charge < -0.3 is 5.32 Å². The molecule has 2 heterocycles. The number of rotatable bonds is 6. The lowest BCUT2D eigenvalue weighted by atomic mass is 10.2. The maximum absolute atomic E-state index is 4.61. The largest absolute Gasteiger partial charge is 0.311 e. The number of hydrogen-bond donors (Lipinski definition) is 1. The third-order valence-corrected chi connectivity index (χ3v) is 3.33. The molecule has 2 aromatic rings. The van der Waals surface area contributed by atoms with Gasteiger partial charge in [-0.15, -0.1) is 11.3 Å². The maximum atomic E-state index is 4.61. The smallest absolute Gasteiger partial charge is 0.0972 e. The van der Waals surface area contributed by atoms with Crippen molar-refractivity contribution in [2.24, 2.45) is 0 Å². The third-order valence-electron chi connectivity index (χ3n) is 2.44. The molecule has 2 rings (SSSR count). The van der Waals surface area contributed by atoms with E-state index in [2.05, 4.69) is 27.6 Å². The second-order valence-electron chi connectivity index (χ2n) is 3.94. The van der Waals surface area contributed by atoms with E-state index in [9.17, 15) is 0 Å². The predicted molar refractivity (Wildman–Crippen MR) is 71.2 cm³/mol. The van der Waals surface area contributed by atoms with Crippen LogP contribution in [0.5, 0.6) is 0 Å². The molecule has 0 aromatic carbocycles. The molecule has 0 saturated heterocycles. The van der Waals surface area contributed by atoms with Gasteiger partial charge in [0, 0.05) is 30.7 Å². The topological polar surface area (TPSA) is 37.8 Å². The van der Waals surface area contributed by atoms with E-state index in [1.807, 2.05) is 24.5 Å². The van der Waals surface area contributed by atoms with Crippen LogP contribution in [0.1, 0.15) is 29.6 Å². The molecule has 0 bridgehead atoms. The van der Waals surface area contributed by atoms with Crippen molar-refractivity contribution in [2.45, 2.75) is 26.3 Å². The lowest BCUT2D eigenvalue weighted by molar-refractivity contribution is 0.665. The van der Waals surface area contributed by atoms with E-state index in [4.69, 9.17) is 0 Å². The molecular weight excluding hydrogens is 230 g/mol. The number of nitrogens with one attached hydrogen (secondary N) is 1. The molecule has 0 fully saturated rings. The minimum absolute atomic E-state index is 0.876. The van der Waals surface area contributed by atoms with Gasteiger partial charge in [-0.3, -0.25) is 4.98 Å². The van der Waals surface area contributed by atoms with E-state index in [0.717, 1.165) is 31.6 Å². The molecular formula is C13H17N3S. The average Bonchev–Trinajstić information content (AvgIpc) is 2.79. The zero-order valence-electron chi connectivity index (χ0n) is 10.0. The highest BCUT2D eigenvalue weighted by Gasteiger charge is 2.02. The normalized spacial score (nSPS) is 10.6. The molecule has 2 aromatic heterocycles. The number of thiazole rings is 1. The molecule has 0 aliphatic rings. The Morgan fingerprint density at radius 3 is 2.88 bits per heavy atom. The first-order valence-electron chi connectivity index (χ1n) is 5.91. The Balaban J connectivity index is 1.90. The summed E-state index contributed by atoms with van der Waals surface area (Å²) in [6.45, 7) is 4.10. The van der Waals surface area contributed by atoms with Crippen molar-refractivity contribution in [2.75, 3.05) is 6.54 Å². The highest BCUT2D eigenvalue weighted by Crippen LogP contribution is 2.14. The summed E-state index contributed by atoms with van der Waals surface area (Å²) in [6.07, 6.45) is 5.72. The summed E-state index contributed by atoms with van der Waals surface area (Å²) in [7, 11) is 0. The highest BCUT2D eigenvalue weighted by molar-refractivity contribution is 7.09. The maximum Gasteiger partial charge on any atom is 0.0972 e. The van der Waals surface area contributed by atoms with Crippen LogP contribution in [0, 0.1) is 0 Å². The molecule has 0 saturated carbocycles. The van der Waals surface area contributed by atoms with Crippen LogP contribution in [0.4, 0.5) is 0 Å². The van der Waals surface area contributed by atoms with Crippen molar-refractivity contribution in [3.63, 3.8) is 0 Å². The lowest BCUT2D eigenvalue weighted by Gasteiger charge is -1.98. The summed E-state index contributed by atoms with van der Waals surface area (Å²) in [5, 5.41) is 6.67. The monoisotopic (exact) mass is 247 g/mol. The minimum Gasteiger partial charge on any atom is -0.311 e. The summed E-state index contributed by atoms with van der Waals surface area (Å²) < 4.78 is 0. The van der Waals surface area contributed by atoms with Gasteiger partial charge in [0.05, 0.1) is 10.7 Å². The second kappa shape index (κ2) is 6.47. The molecule has 0 aliphatic heterocycles. The Morgan fingerprint density at radius 2 is 2.12 bits per heavy atom. The molecule has 0 spiro atoms. The molecule has 0 unspecified atom stereocenters. The van der Waals surface area contributed by atoms with Gasteiger partial charge in [0.15, 0.2) is 0 Å². The van der Waals surface area contributed by atoms with Gasteiger partial charge in [-0.25, -0.2) is 4.98 Å². The molecule has 0 amide bonds.